The summed E-state index contributed by atoms with van der Waals surface area (Å²) in [5, 5.41) is 5.73. The van der Waals surface area contributed by atoms with Crippen LogP contribution in [0.2, 0.25) is 0 Å². The van der Waals surface area contributed by atoms with E-state index in [-0.39, 0.29) is 5.91 Å². The number of benzene rings is 1. The Morgan fingerprint density at radius 3 is 2.85 bits per heavy atom. The van der Waals surface area contributed by atoms with Gasteiger partial charge in [-0.1, -0.05) is 24.3 Å². The topological polar surface area (TPSA) is 64.1 Å². The molecule has 0 spiro atoms. The third-order valence-electron chi connectivity index (χ3n) is 3.73. The SMILES string of the molecule is O=C(Cc1csc(COc2ccccc2)n1)NCCCc1cccnc1. The van der Waals surface area contributed by atoms with Gasteiger partial charge in [0.1, 0.15) is 17.4 Å². The quantitative estimate of drug-likeness (QED) is 0.589. The van der Waals surface area contributed by atoms with E-state index in [1.165, 1.54) is 16.9 Å². The minimum atomic E-state index is -0.00276. The van der Waals surface area contributed by atoms with E-state index in [0.717, 1.165) is 29.3 Å². The van der Waals surface area contributed by atoms with Crippen LogP contribution in [0.25, 0.3) is 0 Å². The highest BCUT2D eigenvalue weighted by Gasteiger charge is 2.08. The van der Waals surface area contributed by atoms with Crippen LogP contribution in [0.4, 0.5) is 0 Å². The Kier molecular flexibility index (Phi) is 6.73. The van der Waals surface area contributed by atoms with Crippen molar-refractivity contribution in [2.24, 2.45) is 0 Å². The molecule has 2 heterocycles. The summed E-state index contributed by atoms with van der Waals surface area (Å²) in [6.45, 7) is 1.07. The van der Waals surface area contributed by atoms with Crippen molar-refractivity contribution in [2.75, 3.05) is 6.54 Å². The van der Waals surface area contributed by atoms with Crippen molar-refractivity contribution >= 4 is 17.2 Å². The first kappa shape index (κ1) is 18.1. The summed E-state index contributed by atoms with van der Waals surface area (Å²) in [5.74, 6) is 0.813. The molecule has 3 rings (SSSR count). The van der Waals surface area contributed by atoms with E-state index in [1.807, 2.05) is 54.0 Å². The lowest BCUT2D eigenvalue weighted by Gasteiger charge is -2.04. The van der Waals surface area contributed by atoms with Gasteiger partial charge in [0.25, 0.3) is 0 Å². The second-order valence-electron chi connectivity index (χ2n) is 5.83. The highest BCUT2D eigenvalue weighted by molar-refractivity contribution is 7.09. The smallest absolute Gasteiger partial charge is 0.226 e. The van der Waals surface area contributed by atoms with Crippen LogP contribution in [-0.2, 0) is 24.2 Å². The molecule has 6 heteroatoms. The number of thiazole rings is 1. The van der Waals surface area contributed by atoms with Crippen molar-refractivity contribution in [3.63, 3.8) is 0 Å². The third kappa shape index (κ3) is 5.97. The number of nitrogens with one attached hydrogen (secondary N) is 1. The summed E-state index contributed by atoms with van der Waals surface area (Å²) >= 11 is 1.51. The molecule has 0 radical (unpaired) electrons. The molecule has 3 aromatic rings. The molecule has 0 atom stereocenters. The number of pyridine rings is 1. The van der Waals surface area contributed by atoms with Crippen molar-refractivity contribution in [1.29, 1.82) is 0 Å². The Balaban J connectivity index is 1.36. The summed E-state index contributed by atoms with van der Waals surface area (Å²) in [6, 6.07) is 13.6. The number of ether oxygens (including phenoxy) is 1. The normalized spacial score (nSPS) is 10.5. The highest BCUT2D eigenvalue weighted by Crippen LogP contribution is 2.15. The Labute approximate surface area is 157 Å². The molecule has 0 unspecified atom stereocenters. The van der Waals surface area contributed by atoms with Gasteiger partial charge in [-0.05, 0) is 36.6 Å². The zero-order chi connectivity index (χ0) is 18.0. The molecule has 1 N–H and O–H groups in total. The van der Waals surface area contributed by atoms with Crippen molar-refractivity contribution < 1.29 is 9.53 Å². The standard InChI is InChI=1S/C20H21N3O2S/c24-19(22-11-5-7-16-6-4-10-21-13-16)12-17-15-26-20(23-17)14-25-18-8-2-1-3-9-18/h1-4,6,8-10,13,15H,5,7,11-12,14H2,(H,22,24). The van der Waals surface area contributed by atoms with Gasteiger partial charge in [-0.15, -0.1) is 11.3 Å². The number of hydrogen-bond donors (Lipinski definition) is 1. The van der Waals surface area contributed by atoms with Crippen LogP contribution in [0.1, 0.15) is 22.7 Å². The summed E-state index contributed by atoms with van der Waals surface area (Å²) in [4.78, 5) is 20.6. The Hall–Kier alpha value is -2.73. The first-order valence-electron chi connectivity index (χ1n) is 8.56. The number of nitrogens with zero attached hydrogens (tertiary/aromatic N) is 2. The summed E-state index contributed by atoms with van der Waals surface area (Å²) in [5.41, 5.74) is 1.97. The van der Waals surface area contributed by atoms with E-state index >= 15 is 0 Å². The molecule has 5 nitrogen and oxygen atoms in total. The van der Waals surface area contributed by atoms with Gasteiger partial charge in [0.2, 0.25) is 5.91 Å². The molecule has 0 fully saturated rings. The van der Waals surface area contributed by atoms with Crippen molar-refractivity contribution in [3.8, 4) is 5.75 Å². The zero-order valence-electron chi connectivity index (χ0n) is 14.4. The molecule has 1 amide bonds. The minimum absolute atomic E-state index is 0.00276. The second kappa shape index (κ2) is 9.68. The maximum Gasteiger partial charge on any atom is 0.226 e. The number of carbonyl (C=O) groups is 1. The van der Waals surface area contributed by atoms with Gasteiger partial charge < -0.3 is 10.1 Å². The number of aromatic nitrogens is 2. The van der Waals surface area contributed by atoms with Gasteiger partial charge in [0, 0.05) is 24.3 Å². The molecular weight excluding hydrogens is 346 g/mol. The predicted molar refractivity (Wildman–Crippen MR) is 102 cm³/mol. The predicted octanol–water partition coefficient (Wildman–Crippen LogP) is 3.41. The van der Waals surface area contributed by atoms with Gasteiger partial charge >= 0.3 is 0 Å². The van der Waals surface area contributed by atoms with E-state index in [1.54, 1.807) is 6.20 Å². The van der Waals surface area contributed by atoms with Crippen LogP contribution in [-0.4, -0.2) is 22.4 Å². The van der Waals surface area contributed by atoms with Gasteiger partial charge in [-0.25, -0.2) is 4.98 Å². The average molecular weight is 367 g/mol. The molecule has 0 aliphatic carbocycles. The Morgan fingerprint density at radius 1 is 1.15 bits per heavy atom. The molecule has 0 bridgehead atoms. The fourth-order valence-corrected chi connectivity index (χ4v) is 3.16. The lowest BCUT2D eigenvalue weighted by molar-refractivity contribution is -0.120. The molecule has 0 saturated heterocycles. The van der Waals surface area contributed by atoms with Crippen molar-refractivity contribution in [3.05, 3.63) is 76.5 Å². The molecule has 0 saturated carbocycles. The number of para-hydroxylation sites is 1. The fraction of sp³-hybridized carbons (Fsp3) is 0.250. The van der Waals surface area contributed by atoms with Crippen molar-refractivity contribution in [2.45, 2.75) is 25.9 Å². The van der Waals surface area contributed by atoms with Gasteiger partial charge in [0.15, 0.2) is 0 Å². The maximum absolute atomic E-state index is 12.0. The van der Waals surface area contributed by atoms with E-state index in [2.05, 4.69) is 15.3 Å². The summed E-state index contributed by atoms with van der Waals surface area (Å²) in [7, 11) is 0. The van der Waals surface area contributed by atoms with Gasteiger partial charge in [-0.2, -0.15) is 0 Å². The number of amides is 1. The Morgan fingerprint density at radius 2 is 2.04 bits per heavy atom. The van der Waals surface area contributed by atoms with Crippen LogP contribution in [0.3, 0.4) is 0 Å². The number of rotatable bonds is 9. The number of carbonyl (C=O) groups excluding carboxylic acids is 1. The van der Waals surface area contributed by atoms with Crippen LogP contribution in [0.15, 0.2) is 60.2 Å². The maximum atomic E-state index is 12.0. The average Bonchev–Trinajstić information content (AvgIpc) is 3.12. The second-order valence-corrected chi connectivity index (χ2v) is 6.77. The summed E-state index contributed by atoms with van der Waals surface area (Å²) in [6.07, 6.45) is 5.72. The lowest BCUT2D eigenvalue weighted by Crippen LogP contribution is -2.26. The largest absolute Gasteiger partial charge is 0.486 e. The van der Waals surface area contributed by atoms with E-state index < -0.39 is 0 Å². The molecule has 134 valence electrons. The lowest BCUT2D eigenvalue weighted by atomic mass is 10.1. The molecule has 2 aromatic heterocycles. The van der Waals surface area contributed by atoms with Crippen LogP contribution >= 0.6 is 11.3 Å². The highest BCUT2D eigenvalue weighted by atomic mass is 32.1. The summed E-state index contributed by atoms with van der Waals surface area (Å²) < 4.78 is 5.67. The third-order valence-corrected chi connectivity index (χ3v) is 4.60. The molecule has 26 heavy (non-hydrogen) atoms. The molecular formula is C20H21N3O2S. The van der Waals surface area contributed by atoms with Crippen LogP contribution in [0.5, 0.6) is 5.75 Å². The number of hydrogen-bond acceptors (Lipinski definition) is 5. The van der Waals surface area contributed by atoms with Crippen LogP contribution in [0, 0.1) is 0 Å². The number of aryl methyl sites for hydroxylation is 1. The van der Waals surface area contributed by atoms with E-state index in [9.17, 15) is 4.79 Å². The molecule has 0 aliphatic rings. The molecule has 1 aromatic carbocycles. The van der Waals surface area contributed by atoms with Gasteiger partial charge in [-0.3, -0.25) is 9.78 Å². The van der Waals surface area contributed by atoms with Crippen LogP contribution < -0.4 is 10.1 Å². The first-order valence-corrected chi connectivity index (χ1v) is 9.44. The van der Waals surface area contributed by atoms with Gasteiger partial charge in [0.05, 0.1) is 12.1 Å². The molecule has 0 aliphatic heterocycles. The van der Waals surface area contributed by atoms with E-state index in [0.29, 0.717) is 19.6 Å². The Bertz CT molecular complexity index is 806. The van der Waals surface area contributed by atoms with Crippen molar-refractivity contribution in [1.82, 2.24) is 15.3 Å². The van der Waals surface area contributed by atoms with E-state index in [4.69, 9.17) is 4.74 Å². The zero-order valence-corrected chi connectivity index (χ0v) is 15.2. The monoisotopic (exact) mass is 367 g/mol. The fourth-order valence-electron chi connectivity index (χ4n) is 2.45. The minimum Gasteiger partial charge on any atom is -0.486 e. The first-order chi connectivity index (χ1) is 12.8.